The summed E-state index contributed by atoms with van der Waals surface area (Å²) in [6.07, 6.45) is 2.46. The summed E-state index contributed by atoms with van der Waals surface area (Å²) in [6, 6.07) is 8.05. The SMILES string of the molecule is Cc1ccc(NC(N)=NCC2CCCO2)cc1. The van der Waals surface area contributed by atoms with Crippen LogP contribution in [0, 0.1) is 6.92 Å². The topological polar surface area (TPSA) is 59.6 Å². The van der Waals surface area contributed by atoms with Gasteiger partial charge in [0.15, 0.2) is 5.96 Å². The molecule has 1 aromatic rings. The third-order valence-corrected chi connectivity index (χ3v) is 2.81. The molecule has 1 atom stereocenters. The summed E-state index contributed by atoms with van der Waals surface area (Å²) in [6.45, 7) is 3.55. The minimum Gasteiger partial charge on any atom is -0.376 e. The average molecular weight is 233 g/mol. The first-order chi connectivity index (χ1) is 8.24. The van der Waals surface area contributed by atoms with Crippen LogP contribution in [0.2, 0.25) is 0 Å². The molecule has 0 bridgehead atoms. The highest BCUT2D eigenvalue weighted by molar-refractivity contribution is 5.92. The molecule has 3 N–H and O–H groups in total. The number of aliphatic imine (C=N–C) groups is 1. The molecule has 0 saturated carbocycles. The summed E-state index contributed by atoms with van der Waals surface area (Å²) >= 11 is 0. The first-order valence-electron chi connectivity index (χ1n) is 5.99. The van der Waals surface area contributed by atoms with Crippen LogP contribution in [0.1, 0.15) is 18.4 Å². The molecule has 1 fully saturated rings. The molecule has 0 radical (unpaired) electrons. The number of hydrogen-bond donors (Lipinski definition) is 2. The Morgan fingerprint density at radius 1 is 1.47 bits per heavy atom. The molecule has 4 heteroatoms. The summed E-state index contributed by atoms with van der Waals surface area (Å²) in [5.41, 5.74) is 7.99. The Bertz CT molecular complexity index is 380. The van der Waals surface area contributed by atoms with Gasteiger partial charge in [-0.3, -0.25) is 4.99 Å². The number of nitrogens with zero attached hydrogens (tertiary/aromatic N) is 1. The van der Waals surface area contributed by atoms with E-state index in [0.29, 0.717) is 12.5 Å². The minimum atomic E-state index is 0.244. The van der Waals surface area contributed by atoms with E-state index in [1.165, 1.54) is 5.56 Å². The fourth-order valence-corrected chi connectivity index (χ4v) is 1.81. The largest absolute Gasteiger partial charge is 0.376 e. The summed E-state index contributed by atoms with van der Waals surface area (Å²) < 4.78 is 5.48. The van der Waals surface area contributed by atoms with Crippen molar-refractivity contribution in [1.29, 1.82) is 0 Å². The zero-order valence-electron chi connectivity index (χ0n) is 10.1. The Morgan fingerprint density at radius 3 is 2.88 bits per heavy atom. The van der Waals surface area contributed by atoms with Gasteiger partial charge in [0.2, 0.25) is 0 Å². The molecular formula is C13H19N3O. The van der Waals surface area contributed by atoms with E-state index in [1.54, 1.807) is 0 Å². The molecule has 92 valence electrons. The maximum Gasteiger partial charge on any atom is 0.193 e. The molecule has 1 unspecified atom stereocenters. The third kappa shape index (κ3) is 3.75. The molecule has 1 aliphatic heterocycles. The zero-order valence-corrected chi connectivity index (χ0v) is 10.1. The predicted octanol–water partition coefficient (Wildman–Crippen LogP) is 1.90. The number of benzene rings is 1. The number of anilines is 1. The molecule has 0 spiro atoms. The Morgan fingerprint density at radius 2 is 2.24 bits per heavy atom. The molecule has 0 amide bonds. The number of hydrogen-bond acceptors (Lipinski definition) is 2. The number of nitrogens with two attached hydrogens (primary N) is 1. The van der Waals surface area contributed by atoms with E-state index in [1.807, 2.05) is 24.3 Å². The summed E-state index contributed by atoms with van der Waals surface area (Å²) in [4.78, 5) is 4.28. The van der Waals surface area contributed by atoms with Crippen molar-refractivity contribution in [3.8, 4) is 0 Å². The second-order valence-corrected chi connectivity index (χ2v) is 4.35. The van der Waals surface area contributed by atoms with E-state index in [4.69, 9.17) is 10.5 Å². The fraction of sp³-hybridized carbons (Fsp3) is 0.462. The normalized spacial score (nSPS) is 20.5. The Hall–Kier alpha value is -1.55. The lowest BCUT2D eigenvalue weighted by Crippen LogP contribution is -2.24. The first-order valence-corrected chi connectivity index (χ1v) is 5.99. The molecule has 2 rings (SSSR count). The number of rotatable bonds is 3. The van der Waals surface area contributed by atoms with E-state index in [0.717, 1.165) is 25.1 Å². The van der Waals surface area contributed by atoms with Gasteiger partial charge in [-0.1, -0.05) is 17.7 Å². The van der Waals surface area contributed by atoms with Crippen LogP contribution in [-0.2, 0) is 4.74 Å². The summed E-state index contributed by atoms with van der Waals surface area (Å²) in [5, 5.41) is 3.07. The van der Waals surface area contributed by atoms with E-state index in [2.05, 4.69) is 17.2 Å². The number of ether oxygens (including phenoxy) is 1. The van der Waals surface area contributed by atoms with Crippen LogP contribution in [0.3, 0.4) is 0 Å². The van der Waals surface area contributed by atoms with Crippen molar-refractivity contribution in [3.05, 3.63) is 29.8 Å². The molecule has 1 saturated heterocycles. The highest BCUT2D eigenvalue weighted by Gasteiger charge is 2.14. The highest BCUT2D eigenvalue weighted by Crippen LogP contribution is 2.12. The Balaban J connectivity index is 1.84. The van der Waals surface area contributed by atoms with Gasteiger partial charge in [-0.25, -0.2) is 0 Å². The summed E-state index contributed by atoms with van der Waals surface area (Å²) in [7, 11) is 0. The number of guanidine groups is 1. The van der Waals surface area contributed by atoms with Crippen molar-refractivity contribution >= 4 is 11.6 Å². The van der Waals surface area contributed by atoms with E-state index in [9.17, 15) is 0 Å². The quantitative estimate of drug-likeness (QED) is 0.619. The monoisotopic (exact) mass is 233 g/mol. The maximum atomic E-state index is 5.81. The van der Waals surface area contributed by atoms with Crippen molar-refractivity contribution in [2.75, 3.05) is 18.5 Å². The van der Waals surface area contributed by atoms with E-state index < -0.39 is 0 Å². The van der Waals surface area contributed by atoms with Gasteiger partial charge in [-0.15, -0.1) is 0 Å². The molecule has 0 aromatic heterocycles. The molecular weight excluding hydrogens is 214 g/mol. The lowest BCUT2D eigenvalue weighted by atomic mass is 10.2. The second kappa shape index (κ2) is 5.68. The van der Waals surface area contributed by atoms with Crippen LogP contribution in [0.5, 0.6) is 0 Å². The minimum absolute atomic E-state index is 0.244. The standard InChI is InChI=1S/C13H19N3O/c1-10-4-6-11(7-5-10)16-13(14)15-9-12-3-2-8-17-12/h4-7,12H,2-3,8-9H2,1H3,(H3,14,15,16). The van der Waals surface area contributed by atoms with Gasteiger partial charge >= 0.3 is 0 Å². The van der Waals surface area contributed by atoms with E-state index in [-0.39, 0.29) is 6.10 Å². The molecule has 0 aliphatic carbocycles. The van der Waals surface area contributed by atoms with Crippen molar-refractivity contribution < 1.29 is 4.74 Å². The van der Waals surface area contributed by atoms with Gasteiger partial charge in [0.25, 0.3) is 0 Å². The fourth-order valence-electron chi connectivity index (χ4n) is 1.81. The van der Waals surface area contributed by atoms with Crippen LogP contribution < -0.4 is 11.1 Å². The van der Waals surface area contributed by atoms with Gasteiger partial charge < -0.3 is 15.8 Å². The lowest BCUT2D eigenvalue weighted by Gasteiger charge is -2.08. The summed E-state index contributed by atoms with van der Waals surface area (Å²) in [5.74, 6) is 0.448. The van der Waals surface area contributed by atoms with Crippen molar-refractivity contribution in [3.63, 3.8) is 0 Å². The first kappa shape index (κ1) is 11.9. The van der Waals surface area contributed by atoms with Gasteiger partial charge in [-0.05, 0) is 31.9 Å². The molecule has 1 aromatic carbocycles. The van der Waals surface area contributed by atoms with E-state index >= 15 is 0 Å². The molecule has 4 nitrogen and oxygen atoms in total. The van der Waals surface area contributed by atoms with Crippen molar-refractivity contribution in [2.24, 2.45) is 10.7 Å². The smallest absolute Gasteiger partial charge is 0.193 e. The van der Waals surface area contributed by atoms with Crippen molar-refractivity contribution in [2.45, 2.75) is 25.9 Å². The van der Waals surface area contributed by atoms with Gasteiger partial charge in [0.1, 0.15) is 0 Å². The van der Waals surface area contributed by atoms with Crippen LogP contribution in [0.4, 0.5) is 5.69 Å². The van der Waals surface area contributed by atoms with Crippen molar-refractivity contribution in [1.82, 2.24) is 0 Å². The van der Waals surface area contributed by atoms with Gasteiger partial charge in [-0.2, -0.15) is 0 Å². The third-order valence-electron chi connectivity index (χ3n) is 2.81. The zero-order chi connectivity index (χ0) is 12.1. The van der Waals surface area contributed by atoms with Crippen LogP contribution in [0.15, 0.2) is 29.3 Å². The van der Waals surface area contributed by atoms with Crippen LogP contribution in [0.25, 0.3) is 0 Å². The molecule has 1 heterocycles. The maximum absolute atomic E-state index is 5.81. The van der Waals surface area contributed by atoms with Crippen LogP contribution in [-0.4, -0.2) is 25.2 Å². The van der Waals surface area contributed by atoms with Crippen LogP contribution >= 0.6 is 0 Å². The predicted molar refractivity (Wildman–Crippen MR) is 70.3 cm³/mol. The Labute approximate surface area is 102 Å². The lowest BCUT2D eigenvalue weighted by molar-refractivity contribution is 0.118. The molecule has 17 heavy (non-hydrogen) atoms. The Kier molecular flexibility index (Phi) is 3.98. The number of aryl methyl sites for hydroxylation is 1. The highest BCUT2D eigenvalue weighted by atomic mass is 16.5. The van der Waals surface area contributed by atoms with Gasteiger partial charge in [0, 0.05) is 12.3 Å². The number of nitrogens with one attached hydrogen (secondary N) is 1. The molecule has 1 aliphatic rings. The van der Waals surface area contributed by atoms with Gasteiger partial charge in [0.05, 0.1) is 12.6 Å². The second-order valence-electron chi connectivity index (χ2n) is 4.35. The average Bonchev–Trinajstić information content (AvgIpc) is 2.83.